The average molecular weight is 546 g/mol. The summed E-state index contributed by atoms with van der Waals surface area (Å²) in [5, 5.41) is 18.0. The number of nitrogens with one attached hydrogen (secondary N) is 2. The molecule has 10 heteroatoms. The Hall–Kier alpha value is -4.02. The van der Waals surface area contributed by atoms with Crippen LogP contribution >= 0.6 is 11.8 Å². The molecule has 0 aliphatic carbocycles. The van der Waals surface area contributed by atoms with Crippen molar-refractivity contribution in [2.45, 2.75) is 42.1 Å². The maximum atomic E-state index is 13.3. The van der Waals surface area contributed by atoms with Crippen LogP contribution in [-0.2, 0) is 16.1 Å². The Morgan fingerprint density at radius 2 is 1.95 bits per heavy atom. The third-order valence-corrected chi connectivity index (χ3v) is 7.63. The quantitative estimate of drug-likeness (QED) is 0.233. The largest absolute Gasteiger partial charge is 0.349 e. The Kier molecular flexibility index (Phi) is 9.11. The van der Waals surface area contributed by atoms with Crippen LogP contribution in [0.3, 0.4) is 0 Å². The van der Waals surface area contributed by atoms with Gasteiger partial charge < -0.3 is 15.5 Å². The number of benzene rings is 2. The van der Waals surface area contributed by atoms with E-state index in [-0.39, 0.29) is 42.1 Å². The van der Waals surface area contributed by atoms with E-state index in [9.17, 15) is 19.7 Å². The minimum atomic E-state index is -0.589. The molecular weight excluding hydrogens is 514 g/mol. The number of carbonyl (C=O) groups is 2. The summed E-state index contributed by atoms with van der Waals surface area (Å²) in [4.78, 5) is 44.7. The molecule has 2 aromatic carbocycles. The maximum Gasteiger partial charge on any atom is 0.283 e. The number of rotatable bonds is 9. The lowest BCUT2D eigenvalue weighted by Gasteiger charge is -2.33. The van der Waals surface area contributed by atoms with Crippen LogP contribution in [-0.4, -0.2) is 52.3 Å². The lowest BCUT2D eigenvalue weighted by molar-refractivity contribution is -0.387. The molecule has 0 radical (unpaired) electrons. The van der Waals surface area contributed by atoms with Gasteiger partial charge in [0.2, 0.25) is 5.91 Å². The van der Waals surface area contributed by atoms with E-state index in [0.29, 0.717) is 23.5 Å². The molecule has 1 unspecified atom stereocenters. The van der Waals surface area contributed by atoms with E-state index in [0.717, 1.165) is 16.2 Å². The van der Waals surface area contributed by atoms with E-state index < -0.39 is 11.0 Å². The summed E-state index contributed by atoms with van der Waals surface area (Å²) in [5.41, 5.74) is 2.28. The number of nitro benzene ring substituents is 1. The van der Waals surface area contributed by atoms with E-state index in [1.165, 1.54) is 17.8 Å². The molecule has 1 atom stereocenters. The molecule has 0 bridgehead atoms. The summed E-state index contributed by atoms with van der Waals surface area (Å²) in [6.07, 6.45) is 1.66. The molecule has 1 fully saturated rings. The lowest BCUT2D eigenvalue weighted by atomic mass is 10.0. The first kappa shape index (κ1) is 28.0. The van der Waals surface area contributed by atoms with Crippen LogP contribution in [0.4, 0.5) is 5.69 Å². The molecule has 0 spiro atoms. The summed E-state index contributed by atoms with van der Waals surface area (Å²) in [6, 6.07) is 17.5. The highest BCUT2D eigenvalue weighted by molar-refractivity contribution is 7.99. The van der Waals surface area contributed by atoms with Crippen LogP contribution in [0.2, 0.25) is 0 Å². The molecular formula is C29H31N5O4S. The van der Waals surface area contributed by atoms with Crippen molar-refractivity contribution in [1.82, 2.24) is 20.5 Å². The van der Waals surface area contributed by atoms with Crippen molar-refractivity contribution in [1.29, 1.82) is 0 Å². The number of nitro groups is 1. The first-order chi connectivity index (χ1) is 18.7. The standard InChI is InChI=1S/C29H31N5O4S/c1-19(2)23-9-4-5-10-26(23)39-27-12-11-21(16-25(27)34(37)38)20(3)29(36)33-15-14-31-24(18-33)28(35)32-17-22-8-6-7-13-30-22/h4-13,16,19,24,31H,3,14-15,17-18H2,1-2H3,(H,32,35). The maximum absolute atomic E-state index is 13.3. The smallest absolute Gasteiger partial charge is 0.283 e. The van der Waals surface area contributed by atoms with E-state index in [4.69, 9.17) is 0 Å². The summed E-state index contributed by atoms with van der Waals surface area (Å²) >= 11 is 1.34. The number of aromatic nitrogens is 1. The highest BCUT2D eigenvalue weighted by Gasteiger charge is 2.30. The molecule has 39 heavy (non-hydrogen) atoms. The first-order valence-corrected chi connectivity index (χ1v) is 13.5. The lowest BCUT2D eigenvalue weighted by Crippen LogP contribution is -2.58. The fourth-order valence-electron chi connectivity index (χ4n) is 4.33. The first-order valence-electron chi connectivity index (χ1n) is 12.7. The van der Waals surface area contributed by atoms with Gasteiger partial charge in [-0.2, -0.15) is 0 Å². The number of pyridine rings is 1. The van der Waals surface area contributed by atoms with Gasteiger partial charge in [0.1, 0.15) is 6.04 Å². The molecule has 202 valence electrons. The second-order valence-electron chi connectivity index (χ2n) is 9.51. The second-order valence-corrected chi connectivity index (χ2v) is 10.6. The number of piperazine rings is 1. The van der Waals surface area contributed by atoms with Crippen LogP contribution in [0.25, 0.3) is 5.57 Å². The second kappa shape index (κ2) is 12.7. The van der Waals surface area contributed by atoms with Gasteiger partial charge in [0, 0.05) is 42.4 Å². The normalized spacial score (nSPS) is 15.2. The zero-order valence-corrected chi connectivity index (χ0v) is 22.7. The zero-order valence-electron chi connectivity index (χ0n) is 21.9. The summed E-state index contributed by atoms with van der Waals surface area (Å²) < 4.78 is 0. The van der Waals surface area contributed by atoms with Gasteiger partial charge in [0.15, 0.2) is 0 Å². The van der Waals surface area contributed by atoms with Crippen molar-refractivity contribution in [2.24, 2.45) is 0 Å². The van der Waals surface area contributed by atoms with Crippen LogP contribution < -0.4 is 10.6 Å². The van der Waals surface area contributed by atoms with Crippen LogP contribution in [0, 0.1) is 10.1 Å². The van der Waals surface area contributed by atoms with Gasteiger partial charge in [0.25, 0.3) is 11.6 Å². The van der Waals surface area contributed by atoms with E-state index in [2.05, 4.69) is 36.0 Å². The van der Waals surface area contributed by atoms with E-state index in [1.807, 2.05) is 36.4 Å². The molecule has 1 saturated heterocycles. The Balaban J connectivity index is 1.45. The molecule has 1 aromatic heterocycles. The summed E-state index contributed by atoms with van der Waals surface area (Å²) in [7, 11) is 0. The summed E-state index contributed by atoms with van der Waals surface area (Å²) in [6.45, 7) is 9.38. The fraction of sp³-hybridized carbons (Fsp3) is 0.276. The topological polar surface area (TPSA) is 117 Å². The van der Waals surface area contributed by atoms with Crippen molar-refractivity contribution < 1.29 is 14.5 Å². The Bertz CT molecular complexity index is 1380. The average Bonchev–Trinajstić information content (AvgIpc) is 2.96. The van der Waals surface area contributed by atoms with Gasteiger partial charge in [-0.05, 0) is 41.3 Å². The molecule has 2 amide bonds. The minimum Gasteiger partial charge on any atom is -0.349 e. The Morgan fingerprint density at radius 1 is 1.18 bits per heavy atom. The molecule has 9 nitrogen and oxygen atoms in total. The molecule has 3 aromatic rings. The molecule has 4 rings (SSSR count). The molecule has 1 aliphatic heterocycles. The van der Waals surface area contributed by atoms with Crippen molar-refractivity contribution in [3.05, 3.63) is 100 Å². The predicted molar refractivity (Wildman–Crippen MR) is 151 cm³/mol. The van der Waals surface area contributed by atoms with Gasteiger partial charge in [0.05, 0.1) is 22.1 Å². The van der Waals surface area contributed by atoms with Crippen LogP contribution in [0.1, 0.15) is 36.6 Å². The molecule has 2 N–H and O–H groups in total. The van der Waals surface area contributed by atoms with Crippen molar-refractivity contribution in [3.63, 3.8) is 0 Å². The predicted octanol–water partition coefficient (Wildman–Crippen LogP) is 4.39. The van der Waals surface area contributed by atoms with Crippen LogP contribution in [0.5, 0.6) is 0 Å². The van der Waals surface area contributed by atoms with Gasteiger partial charge in [-0.3, -0.25) is 24.7 Å². The number of hydrogen-bond donors (Lipinski definition) is 2. The molecule has 2 heterocycles. The van der Waals surface area contributed by atoms with Crippen molar-refractivity contribution in [2.75, 3.05) is 19.6 Å². The van der Waals surface area contributed by atoms with E-state index >= 15 is 0 Å². The van der Waals surface area contributed by atoms with E-state index in [1.54, 1.807) is 29.3 Å². The van der Waals surface area contributed by atoms with Gasteiger partial charge in [-0.1, -0.05) is 62.5 Å². The number of nitrogens with zero attached hydrogens (tertiary/aromatic N) is 3. The molecule has 1 aliphatic rings. The summed E-state index contributed by atoms with van der Waals surface area (Å²) in [5.74, 6) is -0.328. The Labute approximate surface area is 231 Å². The zero-order chi connectivity index (χ0) is 27.9. The highest BCUT2D eigenvalue weighted by Crippen LogP contribution is 2.39. The number of carbonyl (C=O) groups excluding carboxylic acids is 2. The van der Waals surface area contributed by atoms with Gasteiger partial charge in [-0.25, -0.2) is 0 Å². The SMILES string of the molecule is C=C(C(=O)N1CCNC(C(=O)NCc2ccccn2)C1)c1ccc(Sc2ccccc2C(C)C)c([N+](=O)[O-])c1. The van der Waals surface area contributed by atoms with Gasteiger partial charge in [-0.15, -0.1) is 0 Å². The van der Waals surface area contributed by atoms with Crippen LogP contribution in [0.15, 0.2) is 83.2 Å². The number of hydrogen-bond acceptors (Lipinski definition) is 7. The monoisotopic (exact) mass is 545 g/mol. The third kappa shape index (κ3) is 6.90. The minimum absolute atomic E-state index is 0.0860. The highest BCUT2D eigenvalue weighted by atomic mass is 32.2. The fourth-order valence-corrected chi connectivity index (χ4v) is 5.51. The third-order valence-electron chi connectivity index (χ3n) is 6.47. The van der Waals surface area contributed by atoms with Crippen molar-refractivity contribution in [3.8, 4) is 0 Å². The molecule has 0 saturated carbocycles. The number of amides is 2. The van der Waals surface area contributed by atoms with Gasteiger partial charge >= 0.3 is 0 Å². The van der Waals surface area contributed by atoms with Crippen molar-refractivity contribution >= 4 is 34.8 Å². The Morgan fingerprint density at radius 3 is 2.67 bits per heavy atom.